The van der Waals surface area contributed by atoms with Gasteiger partial charge in [-0.3, -0.25) is 4.79 Å². The molecule has 0 bridgehead atoms. The van der Waals surface area contributed by atoms with Crippen molar-refractivity contribution < 1.29 is 23.7 Å². The molecule has 0 spiro atoms. The van der Waals surface area contributed by atoms with Crippen molar-refractivity contribution in [3.63, 3.8) is 0 Å². The normalized spacial score (nSPS) is 20.0. The molecule has 2 heterocycles. The van der Waals surface area contributed by atoms with Crippen molar-refractivity contribution in [2.24, 2.45) is 5.92 Å². The van der Waals surface area contributed by atoms with Crippen LogP contribution >= 0.6 is 0 Å². The number of ether oxygens (including phenoxy) is 4. The van der Waals surface area contributed by atoms with Gasteiger partial charge in [-0.25, -0.2) is 0 Å². The zero-order valence-electron chi connectivity index (χ0n) is 14.2. The number of hydrogen-bond acceptors (Lipinski definition) is 6. The summed E-state index contributed by atoms with van der Waals surface area (Å²) in [6, 6.07) is 5.62. The van der Waals surface area contributed by atoms with Gasteiger partial charge >= 0.3 is 5.97 Å². The van der Waals surface area contributed by atoms with Gasteiger partial charge < -0.3 is 23.8 Å². The highest BCUT2D eigenvalue weighted by atomic mass is 16.7. The molecule has 1 atom stereocenters. The molecule has 0 amide bonds. The lowest BCUT2D eigenvalue weighted by Crippen LogP contribution is -2.40. The number of carbonyl (C=O) groups excluding carboxylic acids is 1. The van der Waals surface area contributed by atoms with Gasteiger partial charge in [-0.1, -0.05) is 0 Å². The number of likely N-dealkylation sites (tertiary alicyclic amines) is 1. The summed E-state index contributed by atoms with van der Waals surface area (Å²) in [6.07, 6.45) is 2.90. The lowest BCUT2D eigenvalue weighted by Gasteiger charge is -2.31. The van der Waals surface area contributed by atoms with E-state index in [2.05, 4.69) is 4.90 Å². The van der Waals surface area contributed by atoms with Crippen LogP contribution in [0.2, 0.25) is 0 Å². The highest BCUT2D eigenvalue weighted by molar-refractivity contribution is 5.72. The monoisotopic (exact) mass is 335 g/mol. The van der Waals surface area contributed by atoms with E-state index in [4.69, 9.17) is 18.9 Å². The van der Waals surface area contributed by atoms with Crippen LogP contribution in [0.25, 0.3) is 0 Å². The number of fused-ring (bicyclic) bond motifs is 1. The molecule has 0 saturated carbocycles. The number of rotatable bonds is 7. The van der Waals surface area contributed by atoms with E-state index in [1.807, 2.05) is 25.1 Å². The zero-order valence-corrected chi connectivity index (χ0v) is 14.2. The van der Waals surface area contributed by atoms with Gasteiger partial charge in [0.05, 0.1) is 19.1 Å². The third-order valence-electron chi connectivity index (χ3n) is 4.36. The molecular formula is C18H25NO5. The Bertz CT molecular complexity index is 562. The molecular weight excluding hydrogens is 310 g/mol. The molecule has 6 heteroatoms. The third kappa shape index (κ3) is 4.32. The van der Waals surface area contributed by atoms with Crippen molar-refractivity contribution in [3.05, 3.63) is 18.2 Å². The predicted molar refractivity (Wildman–Crippen MR) is 88.5 cm³/mol. The van der Waals surface area contributed by atoms with Gasteiger partial charge in [0, 0.05) is 19.2 Å². The maximum absolute atomic E-state index is 11.9. The van der Waals surface area contributed by atoms with E-state index in [1.165, 1.54) is 0 Å². The second kappa shape index (κ2) is 8.24. The smallest absolute Gasteiger partial charge is 0.310 e. The summed E-state index contributed by atoms with van der Waals surface area (Å²) in [6.45, 7) is 5.99. The number of carbonyl (C=O) groups is 1. The van der Waals surface area contributed by atoms with Crippen molar-refractivity contribution in [3.8, 4) is 17.2 Å². The van der Waals surface area contributed by atoms with Crippen LogP contribution in [0.15, 0.2) is 18.2 Å². The summed E-state index contributed by atoms with van der Waals surface area (Å²) in [4.78, 5) is 14.2. The maximum atomic E-state index is 11.9. The second-order valence-corrected chi connectivity index (χ2v) is 6.11. The van der Waals surface area contributed by atoms with Gasteiger partial charge in [0.2, 0.25) is 6.79 Å². The van der Waals surface area contributed by atoms with Crippen molar-refractivity contribution in [2.45, 2.75) is 26.2 Å². The number of hydrogen-bond donors (Lipinski definition) is 0. The molecule has 0 aromatic heterocycles. The van der Waals surface area contributed by atoms with Crippen molar-refractivity contribution in [2.75, 3.05) is 39.6 Å². The Kier molecular flexibility index (Phi) is 5.80. The fraction of sp³-hybridized carbons (Fsp3) is 0.611. The highest BCUT2D eigenvalue weighted by Gasteiger charge is 2.26. The summed E-state index contributed by atoms with van der Waals surface area (Å²) in [5.41, 5.74) is 0. The Morgan fingerprint density at radius 1 is 1.33 bits per heavy atom. The first-order chi connectivity index (χ1) is 11.8. The van der Waals surface area contributed by atoms with E-state index in [0.717, 1.165) is 56.1 Å². The maximum Gasteiger partial charge on any atom is 0.310 e. The Morgan fingerprint density at radius 2 is 2.21 bits per heavy atom. The number of piperidine rings is 1. The largest absolute Gasteiger partial charge is 0.493 e. The summed E-state index contributed by atoms with van der Waals surface area (Å²) in [5, 5.41) is 0. The van der Waals surface area contributed by atoms with E-state index in [9.17, 15) is 4.79 Å². The Hall–Kier alpha value is -1.95. The Balaban J connectivity index is 1.38. The van der Waals surface area contributed by atoms with E-state index in [1.54, 1.807) is 0 Å². The molecule has 0 N–H and O–H groups in total. The average molecular weight is 335 g/mol. The fourth-order valence-corrected chi connectivity index (χ4v) is 3.16. The van der Waals surface area contributed by atoms with Crippen LogP contribution in [0.4, 0.5) is 0 Å². The minimum atomic E-state index is -0.0567. The number of esters is 1. The van der Waals surface area contributed by atoms with Gasteiger partial charge in [0.15, 0.2) is 11.5 Å². The molecule has 1 fully saturated rings. The lowest BCUT2D eigenvalue weighted by atomic mass is 9.98. The third-order valence-corrected chi connectivity index (χ3v) is 4.36. The van der Waals surface area contributed by atoms with Crippen LogP contribution in [-0.2, 0) is 9.53 Å². The van der Waals surface area contributed by atoms with Gasteiger partial charge in [-0.05, 0) is 44.9 Å². The zero-order chi connectivity index (χ0) is 16.8. The fourth-order valence-electron chi connectivity index (χ4n) is 3.16. The molecule has 0 radical (unpaired) electrons. The molecule has 3 rings (SSSR count). The molecule has 1 aromatic carbocycles. The van der Waals surface area contributed by atoms with Gasteiger partial charge in [-0.15, -0.1) is 0 Å². The summed E-state index contributed by atoms with van der Waals surface area (Å²) < 4.78 is 21.5. The average Bonchev–Trinajstić information content (AvgIpc) is 3.07. The minimum absolute atomic E-state index is 0.0217. The summed E-state index contributed by atoms with van der Waals surface area (Å²) in [7, 11) is 0. The van der Waals surface area contributed by atoms with E-state index in [-0.39, 0.29) is 18.7 Å². The molecule has 132 valence electrons. The summed E-state index contributed by atoms with van der Waals surface area (Å²) >= 11 is 0. The van der Waals surface area contributed by atoms with E-state index >= 15 is 0 Å². The molecule has 0 unspecified atom stereocenters. The Morgan fingerprint density at radius 3 is 3.08 bits per heavy atom. The number of nitrogens with zero attached hydrogens (tertiary/aromatic N) is 1. The molecule has 0 aliphatic carbocycles. The predicted octanol–water partition coefficient (Wildman–Crippen LogP) is 2.46. The van der Waals surface area contributed by atoms with E-state index in [0.29, 0.717) is 13.2 Å². The second-order valence-electron chi connectivity index (χ2n) is 6.11. The van der Waals surface area contributed by atoms with Crippen molar-refractivity contribution in [1.82, 2.24) is 4.90 Å². The standard InChI is InChI=1S/C18H25NO5/c1-2-21-18(20)14-5-3-8-19(12-14)9-4-10-22-15-6-7-16-17(11-15)24-13-23-16/h6-7,11,14H,2-5,8-10,12-13H2,1H3/t14-/m0/s1. The molecule has 2 aliphatic rings. The van der Waals surface area contributed by atoms with E-state index < -0.39 is 0 Å². The molecule has 6 nitrogen and oxygen atoms in total. The van der Waals surface area contributed by atoms with Crippen molar-refractivity contribution >= 4 is 5.97 Å². The minimum Gasteiger partial charge on any atom is -0.493 e. The lowest BCUT2D eigenvalue weighted by molar-refractivity contribution is -0.149. The highest BCUT2D eigenvalue weighted by Crippen LogP contribution is 2.35. The van der Waals surface area contributed by atoms with Crippen LogP contribution in [0, 0.1) is 5.92 Å². The topological polar surface area (TPSA) is 57.2 Å². The Labute approximate surface area is 142 Å². The first kappa shape index (κ1) is 16.9. The molecule has 1 aromatic rings. The van der Waals surface area contributed by atoms with Crippen molar-refractivity contribution in [1.29, 1.82) is 0 Å². The summed E-state index contributed by atoms with van der Waals surface area (Å²) in [5.74, 6) is 2.26. The van der Waals surface area contributed by atoms with Crippen LogP contribution in [0.1, 0.15) is 26.2 Å². The molecule has 24 heavy (non-hydrogen) atoms. The molecule has 1 saturated heterocycles. The first-order valence-electron chi connectivity index (χ1n) is 8.67. The van der Waals surface area contributed by atoms with Gasteiger partial charge in [-0.2, -0.15) is 0 Å². The SMILES string of the molecule is CCOC(=O)[C@H]1CCCN(CCCOc2ccc3c(c2)OCO3)C1. The van der Waals surface area contributed by atoms with Crippen LogP contribution in [-0.4, -0.2) is 50.5 Å². The van der Waals surface area contributed by atoms with Crippen LogP contribution in [0.5, 0.6) is 17.2 Å². The van der Waals surface area contributed by atoms with Gasteiger partial charge in [0.1, 0.15) is 5.75 Å². The first-order valence-corrected chi connectivity index (χ1v) is 8.67. The molecule has 2 aliphatic heterocycles. The van der Waals surface area contributed by atoms with Crippen LogP contribution < -0.4 is 14.2 Å². The number of benzene rings is 1. The van der Waals surface area contributed by atoms with Crippen LogP contribution in [0.3, 0.4) is 0 Å². The van der Waals surface area contributed by atoms with Gasteiger partial charge in [0.25, 0.3) is 0 Å². The quantitative estimate of drug-likeness (QED) is 0.563.